The van der Waals surface area contributed by atoms with Crippen molar-refractivity contribution in [3.8, 4) is 0 Å². The maximum atomic E-state index is 11.5. The van der Waals surface area contributed by atoms with Gasteiger partial charge in [-0.15, -0.1) is 0 Å². The van der Waals surface area contributed by atoms with Gasteiger partial charge in [0.15, 0.2) is 6.10 Å². The van der Waals surface area contributed by atoms with E-state index in [4.69, 9.17) is 9.84 Å². The molecule has 0 bridgehead atoms. The molecule has 0 saturated carbocycles. The number of rotatable bonds is 2. The SMILES string of the molecule is CC(C)NC(=O)N1CCOC(C(=O)O)C1. The van der Waals surface area contributed by atoms with E-state index < -0.39 is 12.1 Å². The summed E-state index contributed by atoms with van der Waals surface area (Å²) in [5, 5.41) is 11.4. The summed E-state index contributed by atoms with van der Waals surface area (Å²) >= 11 is 0. The topological polar surface area (TPSA) is 78.9 Å². The first kappa shape index (κ1) is 11.8. The van der Waals surface area contributed by atoms with Crippen LogP contribution in [0.5, 0.6) is 0 Å². The number of nitrogens with zero attached hydrogens (tertiary/aromatic N) is 1. The number of amides is 2. The molecule has 0 aromatic heterocycles. The highest BCUT2D eigenvalue weighted by atomic mass is 16.5. The van der Waals surface area contributed by atoms with Crippen LogP contribution in [0.2, 0.25) is 0 Å². The number of carbonyl (C=O) groups is 2. The molecule has 1 unspecified atom stereocenters. The Hall–Kier alpha value is -1.30. The van der Waals surface area contributed by atoms with E-state index in [9.17, 15) is 9.59 Å². The van der Waals surface area contributed by atoms with E-state index in [0.717, 1.165) is 0 Å². The van der Waals surface area contributed by atoms with E-state index >= 15 is 0 Å². The Morgan fingerprint density at radius 2 is 2.20 bits per heavy atom. The zero-order chi connectivity index (χ0) is 11.4. The molecule has 1 saturated heterocycles. The van der Waals surface area contributed by atoms with Crippen molar-refractivity contribution in [1.29, 1.82) is 0 Å². The average molecular weight is 216 g/mol. The first-order valence-electron chi connectivity index (χ1n) is 4.90. The second-order valence-electron chi connectivity index (χ2n) is 3.75. The van der Waals surface area contributed by atoms with Crippen LogP contribution in [-0.2, 0) is 9.53 Å². The summed E-state index contributed by atoms with van der Waals surface area (Å²) < 4.78 is 5.00. The van der Waals surface area contributed by atoms with Gasteiger partial charge in [0.1, 0.15) is 0 Å². The fourth-order valence-corrected chi connectivity index (χ4v) is 1.32. The van der Waals surface area contributed by atoms with Crippen molar-refractivity contribution in [2.24, 2.45) is 0 Å². The van der Waals surface area contributed by atoms with Gasteiger partial charge in [-0.05, 0) is 13.8 Å². The van der Waals surface area contributed by atoms with E-state index in [2.05, 4.69) is 5.32 Å². The van der Waals surface area contributed by atoms with Crippen molar-refractivity contribution in [2.45, 2.75) is 26.0 Å². The predicted octanol–water partition coefficient (Wildman–Crippen LogP) is -0.110. The van der Waals surface area contributed by atoms with Gasteiger partial charge in [-0.3, -0.25) is 0 Å². The molecule has 1 rings (SSSR count). The molecule has 1 atom stereocenters. The second kappa shape index (κ2) is 4.97. The zero-order valence-corrected chi connectivity index (χ0v) is 8.90. The van der Waals surface area contributed by atoms with Crippen LogP contribution >= 0.6 is 0 Å². The monoisotopic (exact) mass is 216 g/mol. The average Bonchev–Trinajstić information content (AvgIpc) is 2.17. The summed E-state index contributed by atoms with van der Waals surface area (Å²) in [6, 6.07) is -0.192. The largest absolute Gasteiger partial charge is 0.479 e. The molecule has 0 radical (unpaired) electrons. The number of hydrogen-bond acceptors (Lipinski definition) is 3. The molecule has 2 N–H and O–H groups in total. The zero-order valence-electron chi connectivity index (χ0n) is 8.90. The lowest BCUT2D eigenvalue weighted by atomic mass is 10.3. The van der Waals surface area contributed by atoms with Gasteiger partial charge < -0.3 is 20.1 Å². The highest BCUT2D eigenvalue weighted by Gasteiger charge is 2.28. The summed E-state index contributed by atoms with van der Waals surface area (Å²) in [6.45, 7) is 4.51. The minimum absolute atomic E-state index is 0.0450. The van der Waals surface area contributed by atoms with E-state index in [-0.39, 0.29) is 25.2 Å². The van der Waals surface area contributed by atoms with Crippen LogP contribution < -0.4 is 5.32 Å². The van der Waals surface area contributed by atoms with Crippen LogP contribution in [0.25, 0.3) is 0 Å². The highest BCUT2D eigenvalue weighted by Crippen LogP contribution is 2.05. The number of aliphatic carboxylic acids is 1. The molecule has 6 nitrogen and oxygen atoms in total. The fraction of sp³-hybridized carbons (Fsp3) is 0.778. The van der Waals surface area contributed by atoms with Gasteiger partial charge in [0, 0.05) is 12.6 Å². The molecule has 0 spiro atoms. The quantitative estimate of drug-likeness (QED) is 0.675. The summed E-state index contributed by atoms with van der Waals surface area (Å²) in [5.74, 6) is -1.03. The molecular weight excluding hydrogens is 200 g/mol. The predicted molar refractivity (Wildman–Crippen MR) is 52.6 cm³/mol. The minimum Gasteiger partial charge on any atom is -0.479 e. The van der Waals surface area contributed by atoms with Gasteiger partial charge in [-0.1, -0.05) is 0 Å². The summed E-state index contributed by atoms with van der Waals surface area (Å²) in [4.78, 5) is 23.7. The molecule has 1 aliphatic rings. The van der Waals surface area contributed by atoms with E-state index in [0.29, 0.717) is 6.54 Å². The van der Waals surface area contributed by atoms with Crippen LogP contribution in [-0.4, -0.2) is 53.8 Å². The molecule has 6 heteroatoms. The highest BCUT2D eigenvalue weighted by molar-refractivity contribution is 5.77. The second-order valence-corrected chi connectivity index (χ2v) is 3.75. The Morgan fingerprint density at radius 1 is 1.53 bits per heavy atom. The molecule has 1 heterocycles. The van der Waals surface area contributed by atoms with Gasteiger partial charge in [0.2, 0.25) is 0 Å². The third-order valence-electron chi connectivity index (χ3n) is 2.04. The normalized spacial score (nSPS) is 21.5. The van der Waals surface area contributed by atoms with Crippen LogP contribution in [0.3, 0.4) is 0 Å². The van der Waals surface area contributed by atoms with Crippen molar-refractivity contribution in [3.63, 3.8) is 0 Å². The number of hydrogen-bond donors (Lipinski definition) is 2. The summed E-state index contributed by atoms with van der Waals surface area (Å²) in [6.07, 6.45) is -0.906. The Balaban J connectivity index is 2.48. The molecule has 1 fully saturated rings. The standard InChI is InChI=1S/C9H16N2O4/c1-6(2)10-9(14)11-3-4-15-7(5-11)8(12)13/h6-7H,3-5H2,1-2H3,(H,10,14)(H,12,13). The summed E-state index contributed by atoms with van der Waals surface area (Å²) in [5.41, 5.74) is 0. The van der Waals surface area contributed by atoms with Crippen LogP contribution in [0, 0.1) is 0 Å². The number of ether oxygens (including phenoxy) is 1. The van der Waals surface area contributed by atoms with Gasteiger partial charge in [-0.2, -0.15) is 0 Å². The van der Waals surface area contributed by atoms with Gasteiger partial charge >= 0.3 is 12.0 Å². The Bertz CT molecular complexity index is 254. The fourth-order valence-electron chi connectivity index (χ4n) is 1.32. The Kier molecular flexibility index (Phi) is 3.90. The Labute approximate surface area is 88.2 Å². The van der Waals surface area contributed by atoms with Gasteiger partial charge in [-0.25, -0.2) is 9.59 Å². The molecule has 2 amide bonds. The molecule has 15 heavy (non-hydrogen) atoms. The number of urea groups is 1. The summed E-state index contributed by atoms with van der Waals surface area (Å²) in [7, 11) is 0. The molecule has 0 aromatic rings. The van der Waals surface area contributed by atoms with E-state index in [1.54, 1.807) is 0 Å². The van der Waals surface area contributed by atoms with Gasteiger partial charge in [0.25, 0.3) is 0 Å². The first-order valence-corrected chi connectivity index (χ1v) is 4.90. The molecule has 86 valence electrons. The third kappa shape index (κ3) is 3.39. The lowest BCUT2D eigenvalue weighted by Gasteiger charge is -2.31. The van der Waals surface area contributed by atoms with Crippen molar-refractivity contribution >= 4 is 12.0 Å². The number of morpholine rings is 1. The van der Waals surface area contributed by atoms with Crippen molar-refractivity contribution < 1.29 is 19.4 Å². The molecule has 1 aliphatic heterocycles. The number of nitrogens with one attached hydrogen (secondary N) is 1. The number of carboxylic acids is 1. The lowest BCUT2D eigenvalue weighted by molar-refractivity contribution is -0.154. The molecule has 0 aromatic carbocycles. The lowest BCUT2D eigenvalue weighted by Crippen LogP contribution is -2.52. The van der Waals surface area contributed by atoms with E-state index in [1.165, 1.54) is 4.90 Å². The molecule has 0 aliphatic carbocycles. The van der Waals surface area contributed by atoms with Crippen molar-refractivity contribution in [3.05, 3.63) is 0 Å². The van der Waals surface area contributed by atoms with Crippen molar-refractivity contribution in [1.82, 2.24) is 10.2 Å². The first-order chi connectivity index (χ1) is 7.00. The smallest absolute Gasteiger partial charge is 0.334 e. The minimum atomic E-state index is -1.03. The number of carboxylic acid groups (broad SMARTS) is 1. The van der Waals surface area contributed by atoms with Crippen LogP contribution in [0.15, 0.2) is 0 Å². The van der Waals surface area contributed by atoms with Crippen LogP contribution in [0.1, 0.15) is 13.8 Å². The molecular formula is C9H16N2O4. The third-order valence-corrected chi connectivity index (χ3v) is 2.04. The Morgan fingerprint density at radius 3 is 2.73 bits per heavy atom. The van der Waals surface area contributed by atoms with E-state index in [1.807, 2.05) is 13.8 Å². The maximum absolute atomic E-state index is 11.5. The van der Waals surface area contributed by atoms with Gasteiger partial charge in [0.05, 0.1) is 13.2 Å². The maximum Gasteiger partial charge on any atom is 0.334 e. The van der Waals surface area contributed by atoms with Crippen molar-refractivity contribution in [2.75, 3.05) is 19.7 Å². The number of carbonyl (C=O) groups excluding carboxylic acids is 1. The van der Waals surface area contributed by atoms with Crippen LogP contribution in [0.4, 0.5) is 4.79 Å².